The second kappa shape index (κ2) is 4.60. The number of carboxylic acid groups (broad SMARTS) is 1. The molecule has 0 unspecified atom stereocenters. The van der Waals surface area contributed by atoms with E-state index in [-0.39, 0.29) is 11.8 Å². The minimum absolute atomic E-state index is 0.185. The first-order valence-electron chi connectivity index (χ1n) is 5.71. The number of rotatable bonds is 3. The highest BCUT2D eigenvalue weighted by atomic mass is 16.4. The number of hydrogen-bond acceptors (Lipinski definition) is 3. The van der Waals surface area contributed by atoms with Crippen molar-refractivity contribution in [2.24, 2.45) is 0 Å². The summed E-state index contributed by atoms with van der Waals surface area (Å²) in [7, 11) is 0. The lowest BCUT2D eigenvalue weighted by atomic mass is 9.69. The van der Waals surface area contributed by atoms with E-state index in [0.29, 0.717) is 0 Å². The third kappa shape index (κ3) is 2.21. The zero-order chi connectivity index (χ0) is 11.4. The fraction of sp³-hybridized carbons (Fsp3) is 0.583. The zero-order valence-corrected chi connectivity index (χ0v) is 9.22. The van der Waals surface area contributed by atoms with Gasteiger partial charge >= 0.3 is 5.97 Å². The van der Waals surface area contributed by atoms with Crippen LogP contribution in [0.1, 0.15) is 44.2 Å². The monoisotopic (exact) mass is 220 g/mol. The smallest absolute Gasteiger partial charge is 0.304 e. The molecule has 1 aromatic heterocycles. The lowest BCUT2D eigenvalue weighted by Gasteiger charge is -2.35. The molecule has 4 nitrogen and oxygen atoms in total. The minimum Gasteiger partial charge on any atom is -0.481 e. The van der Waals surface area contributed by atoms with E-state index in [1.54, 1.807) is 6.20 Å². The van der Waals surface area contributed by atoms with Crippen LogP contribution in [0.15, 0.2) is 18.6 Å². The van der Waals surface area contributed by atoms with E-state index in [4.69, 9.17) is 5.11 Å². The van der Waals surface area contributed by atoms with E-state index in [1.807, 2.05) is 6.07 Å². The van der Waals surface area contributed by atoms with Crippen LogP contribution in [0.5, 0.6) is 0 Å². The van der Waals surface area contributed by atoms with Crippen LogP contribution in [0, 0.1) is 0 Å². The van der Waals surface area contributed by atoms with E-state index < -0.39 is 5.97 Å². The maximum atomic E-state index is 11.0. The number of aromatic nitrogens is 2. The lowest BCUT2D eigenvalue weighted by Crippen LogP contribution is -2.32. The lowest BCUT2D eigenvalue weighted by molar-refractivity contribution is -0.138. The maximum absolute atomic E-state index is 11.0. The van der Waals surface area contributed by atoms with Crippen molar-refractivity contribution in [3.8, 4) is 0 Å². The van der Waals surface area contributed by atoms with Gasteiger partial charge in [-0.15, -0.1) is 0 Å². The third-order valence-corrected chi connectivity index (χ3v) is 3.43. The molecule has 2 rings (SSSR count). The minimum atomic E-state index is -0.736. The highest BCUT2D eigenvalue weighted by Crippen LogP contribution is 2.41. The van der Waals surface area contributed by atoms with Gasteiger partial charge in [-0.25, -0.2) is 9.97 Å². The van der Waals surface area contributed by atoms with Gasteiger partial charge in [-0.3, -0.25) is 4.79 Å². The molecule has 1 aliphatic rings. The molecule has 86 valence electrons. The standard InChI is InChI=1S/C12H16N2O2/c15-11(16)8-12(5-2-1-3-6-12)10-4-7-13-9-14-10/h4,7,9H,1-3,5-6,8H2,(H,15,16). The summed E-state index contributed by atoms with van der Waals surface area (Å²) in [5.74, 6) is -0.736. The summed E-state index contributed by atoms with van der Waals surface area (Å²) in [6.45, 7) is 0. The Balaban J connectivity index is 2.29. The largest absolute Gasteiger partial charge is 0.481 e. The van der Waals surface area contributed by atoms with Crippen molar-refractivity contribution < 1.29 is 9.90 Å². The van der Waals surface area contributed by atoms with Gasteiger partial charge in [0.25, 0.3) is 0 Å². The first-order chi connectivity index (χ1) is 7.73. The van der Waals surface area contributed by atoms with Gasteiger partial charge in [0.15, 0.2) is 0 Å². The van der Waals surface area contributed by atoms with Crippen molar-refractivity contribution in [3.63, 3.8) is 0 Å². The Kier molecular flexibility index (Phi) is 3.17. The fourth-order valence-electron chi connectivity index (χ4n) is 2.65. The molecule has 16 heavy (non-hydrogen) atoms. The van der Waals surface area contributed by atoms with Crippen LogP contribution in [0.4, 0.5) is 0 Å². The molecule has 1 saturated carbocycles. The normalized spacial score (nSPS) is 19.2. The molecule has 1 aliphatic carbocycles. The van der Waals surface area contributed by atoms with Crippen molar-refractivity contribution in [1.29, 1.82) is 0 Å². The second-order valence-electron chi connectivity index (χ2n) is 4.51. The first kappa shape index (κ1) is 11.0. The van der Waals surface area contributed by atoms with E-state index in [2.05, 4.69) is 9.97 Å². The van der Waals surface area contributed by atoms with Crippen molar-refractivity contribution in [2.75, 3.05) is 0 Å². The highest BCUT2D eigenvalue weighted by Gasteiger charge is 2.37. The Morgan fingerprint density at radius 1 is 1.38 bits per heavy atom. The molecule has 1 fully saturated rings. The first-order valence-corrected chi connectivity index (χ1v) is 5.71. The second-order valence-corrected chi connectivity index (χ2v) is 4.51. The van der Waals surface area contributed by atoms with Crippen LogP contribution in [-0.2, 0) is 10.2 Å². The summed E-state index contributed by atoms with van der Waals surface area (Å²) >= 11 is 0. The molecule has 4 heteroatoms. The molecule has 0 amide bonds. The van der Waals surface area contributed by atoms with Crippen LogP contribution in [0.2, 0.25) is 0 Å². The SMILES string of the molecule is O=C(O)CC1(c2ccncn2)CCCCC1. The summed E-state index contributed by atoms with van der Waals surface area (Å²) in [6.07, 6.45) is 8.63. The molecule has 0 aliphatic heterocycles. The van der Waals surface area contributed by atoms with Crippen LogP contribution in [0.25, 0.3) is 0 Å². The number of carbonyl (C=O) groups is 1. The van der Waals surface area contributed by atoms with Gasteiger partial charge < -0.3 is 5.11 Å². The van der Waals surface area contributed by atoms with Crippen molar-refractivity contribution in [3.05, 3.63) is 24.3 Å². The molecule has 0 radical (unpaired) electrons. The average Bonchev–Trinajstić information content (AvgIpc) is 2.30. The Bertz CT molecular complexity index is 359. The Morgan fingerprint density at radius 3 is 2.69 bits per heavy atom. The van der Waals surface area contributed by atoms with Gasteiger partial charge in [-0.2, -0.15) is 0 Å². The summed E-state index contributed by atoms with van der Waals surface area (Å²) in [5, 5.41) is 9.05. The average molecular weight is 220 g/mol. The van der Waals surface area contributed by atoms with Gasteiger partial charge in [-0.05, 0) is 18.9 Å². The van der Waals surface area contributed by atoms with Crippen molar-refractivity contribution >= 4 is 5.97 Å². The third-order valence-electron chi connectivity index (χ3n) is 3.43. The Hall–Kier alpha value is -1.45. The number of aliphatic carboxylic acids is 1. The van der Waals surface area contributed by atoms with Gasteiger partial charge in [0, 0.05) is 11.6 Å². The molecule has 1 N–H and O–H groups in total. The topological polar surface area (TPSA) is 63.1 Å². The summed E-state index contributed by atoms with van der Waals surface area (Å²) in [4.78, 5) is 19.1. The Morgan fingerprint density at radius 2 is 2.12 bits per heavy atom. The number of nitrogens with zero attached hydrogens (tertiary/aromatic N) is 2. The van der Waals surface area contributed by atoms with Crippen LogP contribution < -0.4 is 0 Å². The predicted octanol–water partition coefficient (Wildman–Crippen LogP) is 2.15. The van der Waals surface area contributed by atoms with Crippen molar-refractivity contribution in [1.82, 2.24) is 9.97 Å². The molecular formula is C12H16N2O2. The van der Waals surface area contributed by atoms with Gasteiger partial charge in [-0.1, -0.05) is 19.3 Å². The van der Waals surface area contributed by atoms with Gasteiger partial charge in [0.2, 0.25) is 0 Å². The van der Waals surface area contributed by atoms with Gasteiger partial charge in [0.05, 0.1) is 12.1 Å². The summed E-state index contributed by atoms with van der Waals surface area (Å²) in [5.41, 5.74) is 0.636. The highest BCUT2D eigenvalue weighted by molar-refractivity contribution is 5.69. The molecule has 0 atom stereocenters. The molecule has 0 saturated heterocycles. The van der Waals surface area contributed by atoms with Crippen LogP contribution >= 0.6 is 0 Å². The van der Waals surface area contributed by atoms with E-state index in [9.17, 15) is 4.79 Å². The molecule has 0 bridgehead atoms. The summed E-state index contributed by atoms with van der Waals surface area (Å²) in [6, 6.07) is 1.86. The molecule has 0 aromatic carbocycles. The maximum Gasteiger partial charge on any atom is 0.304 e. The quantitative estimate of drug-likeness (QED) is 0.847. The van der Waals surface area contributed by atoms with Crippen molar-refractivity contribution in [2.45, 2.75) is 43.9 Å². The summed E-state index contributed by atoms with van der Waals surface area (Å²) < 4.78 is 0. The van der Waals surface area contributed by atoms with Crippen LogP contribution in [0.3, 0.4) is 0 Å². The van der Waals surface area contributed by atoms with Crippen LogP contribution in [-0.4, -0.2) is 21.0 Å². The zero-order valence-electron chi connectivity index (χ0n) is 9.22. The molecular weight excluding hydrogens is 204 g/mol. The van der Waals surface area contributed by atoms with Gasteiger partial charge in [0.1, 0.15) is 6.33 Å². The molecule has 0 spiro atoms. The number of carboxylic acids is 1. The molecule has 1 aromatic rings. The van der Waals surface area contributed by atoms with E-state index >= 15 is 0 Å². The Labute approximate surface area is 94.7 Å². The molecule has 1 heterocycles. The van der Waals surface area contributed by atoms with E-state index in [1.165, 1.54) is 12.7 Å². The number of hydrogen-bond donors (Lipinski definition) is 1. The van der Waals surface area contributed by atoms with E-state index in [0.717, 1.165) is 31.4 Å². The predicted molar refractivity (Wildman–Crippen MR) is 59.0 cm³/mol. The fourth-order valence-corrected chi connectivity index (χ4v) is 2.65.